The number of carbonyl (C=O) groups excluding carboxylic acids is 2. The van der Waals surface area contributed by atoms with Crippen LogP contribution in [0.3, 0.4) is 0 Å². The molecule has 8 heteroatoms. The van der Waals surface area contributed by atoms with E-state index in [1.165, 1.54) is 26.0 Å². The maximum absolute atomic E-state index is 13.0. The van der Waals surface area contributed by atoms with Crippen LogP contribution in [-0.2, 0) is 4.79 Å². The van der Waals surface area contributed by atoms with Crippen LogP contribution in [-0.4, -0.2) is 31.3 Å². The molecule has 1 unspecified atom stereocenters. The first-order valence-electron chi connectivity index (χ1n) is 10.7. The van der Waals surface area contributed by atoms with E-state index in [9.17, 15) is 9.59 Å². The van der Waals surface area contributed by atoms with Crippen molar-refractivity contribution in [3.63, 3.8) is 0 Å². The normalized spacial score (nSPS) is 11.4. The first-order valence-corrected chi connectivity index (χ1v) is 12.0. The van der Waals surface area contributed by atoms with E-state index in [4.69, 9.17) is 21.1 Å². The van der Waals surface area contributed by atoms with Crippen molar-refractivity contribution >= 4 is 46.6 Å². The largest absolute Gasteiger partial charge is 0.496 e. The molecule has 0 fully saturated rings. The standard InChI is InChI=1S/C26H27ClN2O4S/c1-5-23(25(30)29-20-12-7-11-19(27)16(20)2)34-18-10-6-9-17(15-18)28-26(31)24-21(32-3)13-8-14-22(24)33-4/h6-15,23H,5H2,1-4H3,(H,28,31)(H,29,30). The van der Waals surface area contributed by atoms with E-state index in [1.807, 2.05) is 44.2 Å². The van der Waals surface area contributed by atoms with Gasteiger partial charge < -0.3 is 20.1 Å². The minimum absolute atomic E-state index is 0.105. The Morgan fingerprint density at radius 3 is 2.26 bits per heavy atom. The van der Waals surface area contributed by atoms with Gasteiger partial charge in [0.1, 0.15) is 17.1 Å². The van der Waals surface area contributed by atoms with Gasteiger partial charge in [-0.1, -0.05) is 36.7 Å². The molecule has 0 aliphatic carbocycles. The third-order valence-corrected chi connectivity index (χ3v) is 6.98. The second-order valence-electron chi connectivity index (χ2n) is 7.44. The quantitative estimate of drug-likeness (QED) is 0.332. The van der Waals surface area contributed by atoms with E-state index in [1.54, 1.807) is 30.3 Å². The van der Waals surface area contributed by atoms with E-state index in [-0.39, 0.29) is 17.1 Å². The first kappa shape index (κ1) is 25.5. The number of halogens is 1. The van der Waals surface area contributed by atoms with Gasteiger partial charge in [-0.3, -0.25) is 9.59 Å². The number of thioether (sulfide) groups is 1. The van der Waals surface area contributed by atoms with Crippen molar-refractivity contribution in [3.8, 4) is 11.5 Å². The summed E-state index contributed by atoms with van der Waals surface area (Å²) in [6, 6.07) is 18.0. The molecule has 0 saturated carbocycles. The molecule has 6 nitrogen and oxygen atoms in total. The minimum atomic E-state index is -0.349. The molecule has 3 rings (SSSR count). The predicted molar refractivity (Wildman–Crippen MR) is 139 cm³/mol. The number of hydrogen-bond acceptors (Lipinski definition) is 5. The van der Waals surface area contributed by atoms with E-state index >= 15 is 0 Å². The monoisotopic (exact) mass is 498 g/mol. The lowest BCUT2D eigenvalue weighted by molar-refractivity contribution is -0.115. The Bertz CT molecular complexity index is 1160. The molecule has 2 N–H and O–H groups in total. The van der Waals surface area contributed by atoms with Crippen LogP contribution < -0.4 is 20.1 Å². The summed E-state index contributed by atoms with van der Waals surface area (Å²) in [5.41, 5.74) is 2.44. The lowest BCUT2D eigenvalue weighted by atomic mass is 10.1. The number of amides is 2. The Morgan fingerprint density at radius 1 is 0.971 bits per heavy atom. The maximum atomic E-state index is 13.0. The number of anilines is 2. The summed E-state index contributed by atoms with van der Waals surface area (Å²) >= 11 is 7.61. The van der Waals surface area contributed by atoms with Gasteiger partial charge in [-0.25, -0.2) is 0 Å². The average Bonchev–Trinajstić information content (AvgIpc) is 2.84. The van der Waals surface area contributed by atoms with Gasteiger partial charge >= 0.3 is 0 Å². The highest BCUT2D eigenvalue weighted by Gasteiger charge is 2.21. The summed E-state index contributed by atoms with van der Waals surface area (Å²) in [6.45, 7) is 3.83. The van der Waals surface area contributed by atoms with Gasteiger partial charge in [0.05, 0.1) is 19.5 Å². The van der Waals surface area contributed by atoms with Crippen molar-refractivity contribution in [2.24, 2.45) is 0 Å². The van der Waals surface area contributed by atoms with Crippen LogP contribution in [0, 0.1) is 6.92 Å². The molecule has 0 saturated heterocycles. The third kappa shape index (κ3) is 6.04. The number of nitrogens with one attached hydrogen (secondary N) is 2. The van der Waals surface area contributed by atoms with Crippen LogP contribution in [0.15, 0.2) is 65.6 Å². The highest BCUT2D eigenvalue weighted by atomic mass is 35.5. The molecule has 34 heavy (non-hydrogen) atoms. The number of benzene rings is 3. The third-order valence-electron chi connectivity index (χ3n) is 5.21. The highest BCUT2D eigenvalue weighted by Crippen LogP contribution is 2.32. The van der Waals surface area contributed by atoms with Gasteiger partial charge in [0.2, 0.25) is 5.91 Å². The fourth-order valence-electron chi connectivity index (χ4n) is 3.36. The molecule has 3 aromatic carbocycles. The summed E-state index contributed by atoms with van der Waals surface area (Å²) in [6.07, 6.45) is 0.630. The van der Waals surface area contributed by atoms with Crippen molar-refractivity contribution in [2.45, 2.75) is 30.4 Å². The van der Waals surface area contributed by atoms with E-state index < -0.39 is 0 Å². The van der Waals surface area contributed by atoms with Crippen LogP contribution in [0.1, 0.15) is 29.3 Å². The van der Waals surface area contributed by atoms with Crippen LogP contribution in [0.2, 0.25) is 5.02 Å². The zero-order valence-corrected chi connectivity index (χ0v) is 21.0. The molecule has 1 atom stereocenters. The Labute approximate surface area is 209 Å². The van der Waals surface area contributed by atoms with Crippen LogP contribution in [0.25, 0.3) is 0 Å². The SMILES string of the molecule is CCC(Sc1cccc(NC(=O)c2c(OC)cccc2OC)c1)C(=O)Nc1cccc(Cl)c1C. The summed E-state index contributed by atoms with van der Waals surface area (Å²) in [4.78, 5) is 26.8. The predicted octanol–water partition coefficient (Wildman–Crippen LogP) is 6.43. The number of methoxy groups -OCH3 is 2. The lowest BCUT2D eigenvalue weighted by Gasteiger charge is -2.17. The van der Waals surface area contributed by atoms with Gasteiger partial charge in [0.15, 0.2) is 0 Å². The first-order chi connectivity index (χ1) is 16.4. The zero-order chi connectivity index (χ0) is 24.7. The second-order valence-corrected chi connectivity index (χ2v) is 9.12. The Hall–Kier alpha value is -3.16. The summed E-state index contributed by atoms with van der Waals surface area (Å²) in [7, 11) is 3.01. The van der Waals surface area contributed by atoms with Crippen LogP contribution >= 0.6 is 23.4 Å². The molecule has 0 spiro atoms. The van der Waals surface area contributed by atoms with E-state index in [0.717, 1.165) is 10.5 Å². The molecule has 0 aromatic heterocycles. The maximum Gasteiger partial charge on any atom is 0.263 e. The number of hydrogen-bond donors (Lipinski definition) is 2. The Balaban J connectivity index is 1.74. The highest BCUT2D eigenvalue weighted by molar-refractivity contribution is 8.00. The van der Waals surface area contributed by atoms with Gasteiger partial charge in [-0.15, -0.1) is 11.8 Å². The van der Waals surface area contributed by atoms with Crippen molar-refractivity contribution in [1.82, 2.24) is 0 Å². The van der Waals surface area contributed by atoms with Crippen LogP contribution in [0.5, 0.6) is 11.5 Å². The van der Waals surface area contributed by atoms with E-state index in [0.29, 0.717) is 39.9 Å². The lowest BCUT2D eigenvalue weighted by Crippen LogP contribution is -2.25. The summed E-state index contributed by atoms with van der Waals surface area (Å²) in [5.74, 6) is 0.381. The summed E-state index contributed by atoms with van der Waals surface area (Å²) < 4.78 is 10.7. The van der Waals surface area contributed by atoms with Gasteiger partial charge in [-0.2, -0.15) is 0 Å². The average molecular weight is 499 g/mol. The van der Waals surface area contributed by atoms with Crippen molar-refractivity contribution < 1.29 is 19.1 Å². The molecular weight excluding hydrogens is 472 g/mol. The number of ether oxygens (including phenoxy) is 2. The molecule has 0 aliphatic heterocycles. The van der Waals surface area contributed by atoms with E-state index in [2.05, 4.69) is 10.6 Å². The molecular formula is C26H27ClN2O4S. The zero-order valence-electron chi connectivity index (χ0n) is 19.5. The van der Waals surface area contributed by atoms with Crippen molar-refractivity contribution in [3.05, 3.63) is 76.8 Å². The van der Waals surface area contributed by atoms with Gasteiger partial charge in [0.25, 0.3) is 5.91 Å². The molecule has 0 radical (unpaired) electrons. The fourth-order valence-corrected chi connectivity index (χ4v) is 4.55. The number of rotatable bonds is 9. The summed E-state index contributed by atoms with van der Waals surface area (Å²) in [5, 5.41) is 6.15. The minimum Gasteiger partial charge on any atom is -0.496 e. The van der Waals surface area contributed by atoms with Gasteiger partial charge in [-0.05, 0) is 61.4 Å². The van der Waals surface area contributed by atoms with Crippen molar-refractivity contribution in [1.29, 1.82) is 0 Å². The van der Waals surface area contributed by atoms with Gasteiger partial charge in [0, 0.05) is 21.3 Å². The topological polar surface area (TPSA) is 76.7 Å². The molecule has 2 amide bonds. The fraction of sp³-hybridized carbons (Fsp3) is 0.231. The smallest absolute Gasteiger partial charge is 0.263 e. The molecule has 178 valence electrons. The molecule has 0 aliphatic rings. The Morgan fingerprint density at radius 2 is 1.62 bits per heavy atom. The second kappa shape index (κ2) is 11.8. The Kier molecular flexibility index (Phi) is 8.85. The molecule has 0 bridgehead atoms. The molecule has 3 aromatic rings. The van der Waals surface area contributed by atoms with Crippen molar-refractivity contribution in [2.75, 3.05) is 24.9 Å². The van der Waals surface area contributed by atoms with Crippen LogP contribution in [0.4, 0.5) is 11.4 Å². The number of carbonyl (C=O) groups is 2. The molecule has 0 heterocycles.